The fraction of sp³-hybridized carbons (Fsp3) is 0. The second-order valence-electron chi connectivity index (χ2n) is 35.5. The van der Waals surface area contributed by atoms with Gasteiger partial charge in [-0.2, -0.15) is 0 Å². The third-order valence-corrected chi connectivity index (χ3v) is 27.2. The Labute approximate surface area is 800 Å². The van der Waals surface area contributed by atoms with Crippen molar-refractivity contribution in [2.75, 3.05) is 9.80 Å². The minimum Gasteiger partial charge on any atom is -0.456 e. The van der Waals surface area contributed by atoms with E-state index < -0.39 is 0 Å². The highest BCUT2D eigenvalue weighted by Crippen LogP contribution is 2.46. The van der Waals surface area contributed by atoms with E-state index in [-0.39, 0.29) is 0 Å². The molecule has 0 spiro atoms. The number of para-hydroxylation sites is 6. The number of benzene rings is 22. The second kappa shape index (κ2) is 35.3. The molecule has 138 heavy (non-hydrogen) atoms. The number of furan rings is 2. The number of anilines is 6. The Balaban J connectivity index is 0.000000146. The van der Waals surface area contributed by atoms with Crippen LogP contribution in [0.2, 0.25) is 0 Å². The zero-order valence-electron chi connectivity index (χ0n) is 75.4. The van der Waals surface area contributed by atoms with E-state index in [1.54, 1.807) is 0 Å². The largest absolute Gasteiger partial charge is 0.456 e. The molecule has 0 bridgehead atoms. The number of nitrogens with zero attached hydrogens (tertiary/aromatic N) is 4. The van der Waals surface area contributed by atoms with Crippen molar-refractivity contribution in [1.82, 2.24) is 9.13 Å². The molecule has 0 saturated carbocycles. The van der Waals surface area contributed by atoms with Crippen molar-refractivity contribution >= 4 is 122 Å². The van der Waals surface area contributed by atoms with Crippen LogP contribution in [-0.2, 0) is 0 Å². The summed E-state index contributed by atoms with van der Waals surface area (Å²) in [7, 11) is 0. The smallest absolute Gasteiger partial charge is 0.136 e. The molecule has 22 aromatic carbocycles. The van der Waals surface area contributed by atoms with Gasteiger partial charge in [-0.1, -0.05) is 352 Å². The van der Waals surface area contributed by atoms with E-state index in [2.05, 4.69) is 529 Å². The summed E-state index contributed by atoms with van der Waals surface area (Å²) >= 11 is 0. The van der Waals surface area contributed by atoms with E-state index in [4.69, 9.17) is 8.83 Å². The molecule has 26 rings (SSSR count). The summed E-state index contributed by atoms with van der Waals surface area (Å²) in [6.45, 7) is 0. The Bertz CT molecular complexity index is 8920. The van der Waals surface area contributed by atoms with Crippen LogP contribution >= 0.6 is 0 Å². The SMILES string of the molecule is c1ccc(-c2cccc(-c3ccc(N(c4ccc(-c5cccc(-c6ccc(-n7c8ccccc8c8ccccc87)cc6)c5)cc4)c4ccc(-c5ccc6c(c5)oc5ccccc56)cc4)cc3)c2)cc1.c1ccc(-c2cccc(-c3cccc(N(c4ccc(-c5cccc(-c6ccc(-n7c8ccccc8c8ccccc87)cc6)c5)cc4)c4ccc(-c5ccc6c(c5)oc5ccccc56)cc4)c3)c2)cc1. The third-order valence-electron chi connectivity index (χ3n) is 27.2. The van der Waals surface area contributed by atoms with Gasteiger partial charge in [0.25, 0.3) is 0 Å². The first-order valence-electron chi connectivity index (χ1n) is 47.1. The van der Waals surface area contributed by atoms with Crippen molar-refractivity contribution < 1.29 is 8.83 Å². The maximum atomic E-state index is 6.27. The Morgan fingerprint density at radius 3 is 0.630 bits per heavy atom. The van der Waals surface area contributed by atoms with Crippen LogP contribution in [0.15, 0.2) is 543 Å². The maximum Gasteiger partial charge on any atom is 0.136 e. The van der Waals surface area contributed by atoms with E-state index in [9.17, 15) is 0 Å². The van der Waals surface area contributed by atoms with Crippen molar-refractivity contribution in [3.63, 3.8) is 0 Å². The lowest BCUT2D eigenvalue weighted by Gasteiger charge is -2.26. The molecule has 0 aliphatic carbocycles. The molecule has 0 aliphatic heterocycles. The zero-order valence-corrected chi connectivity index (χ0v) is 75.4. The summed E-state index contributed by atoms with van der Waals surface area (Å²) < 4.78 is 17.3. The topological polar surface area (TPSA) is 42.6 Å². The summed E-state index contributed by atoms with van der Waals surface area (Å²) in [5, 5.41) is 9.61. The van der Waals surface area contributed by atoms with E-state index in [0.717, 1.165) is 128 Å². The maximum absolute atomic E-state index is 6.27. The van der Waals surface area contributed by atoms with E-state index >= 15 is 0 Å². The summed E-state index contributed by atoms with van der Waals surface area (Å²) in [6.07, 6.45) is 0. The number of hydrogen-bond acceptors (Lipinski definition) is 4. The Hall–Kier alpha value is -18.4. The predicted octanol–water partition coefficient (Wildman–Crippen LogP) is 37.0. The van der Waals surface area contributed by atoms with Gasteiger partial charge >= 0.3 is 0 Å². The number of fused-ring (bicyclic) bond motifs is 12. The van der Waals surface area contributed by atoms with Crippen LogP contribution in [0, 0.1) is 0 Å². The first kappa shape index (κ1) is 81.6. The van der Waals surface area contributed by atoms with Gasteiger partial charge in [0.15, 0.2) is 0 Å². The molecular weight excluding hydrogens is 1670 g/mol. The third kappa shape index (κ3) is 15.5. The molecule has 0 unspecified atom stereocenters. The number of rotatable bonds is 18. The predicted molar refractivity (Wildman–Crippen MR) is 580 cm³/mol. The van der Waals surface area contributed by atoms with Crippen molar-refractivity contribution in [3.05, 3.63) is 534 Å². The molecule has 0 radical (unpaired) electrons. The molecule has 0 amide bonds. The lowest BCUT2D eigenvalue weighted by Crippen LogP contribution is -2.10. The molecule has 0 N–H and O–H groups in total. The molecule has 6 heteroatoms. The lowest BCUT2D eigenvalue weighted by atomic mass is 9.98. The van der Waals surface area contributed by atoms with Gasteiger partial charge in [-0.25, -0.2) is 0 Å². The average molecular weight is 1760 g/mol. The highest BCUT2D eigenvalue weighted by Gasteiger charge is 2.22. The molecule has 0 saturated heterocycles. The van der Waals surface area contributed by atoms with Crippen LogP contribution in [0.5, 0.6) is 0 Å². The summed E-state index contributed by atoms with van der Waals surface area (Å²) in [5.41, 5.74) is 40.6. The zero-order chi connectivity index (χ0) is 91.4. The molecule has 0 fully saturated rings. The van der Waals surface area contributed by atoms with Gasteiger partial charge < -0.3 is 27.8 Å². The first-order valence-corrected chi connectivity index (χ1v) is 47.1. The van der Waals surface area contributed by atoms with Crippen LogP contribution in [0.3, 0.4) is 0 Å². The number of aromatic nitrogens is 2. The standard InChI is InChI=1S/2C66H44N2O/c1-2-13-45(14-3-1)49-15-11-18-52(42-49)53-19-12-20-58(43-53)67(56-36-29-48(30-37-56)54-33-40-62-61-23-6-9-26-65(61)69-66(62)44-54)55-34-27-46(28-35-55)50-16-10-17-51(41-50)47-31-38-57(39-32-47)68-63-24-7-4-21-59(63)60-22-5-8-25-64(60)68;1-2-12-45(13-3-1)50-14-10-15-51(42-50)46-24-33-55(34-25-46)67(57-37-28-49(29-38-57)54-32-41-62-61-20-6-9-23-65(61)69-66(62)44-54)56-35-26-47(27-36-56)52-16-11-17-53(43-52)48-30-39-58(40-31-48)68-63-21-7-4-18-59(63)60-19-5-8-22-64(60)68/h2*1-44H. The van der Waals surface area contributed by atoms with Gasteiger partial charge in [0.1, 0.15) is 22.3 Å². The Kier molecular flexibility index (Phi) is 20.9. The van der Waals surface area contributed by atoms with E-state index in [0.29, 0.717) is 0 Å². The Morgan fingerprint density at radius 2 is 0.326 bits per heavy atom. The van der Waals surface area contributed by atoms with Gasteiger partial charge in [0.05, 0.1) is 22.1 Å². The summed E-state index contributed by atoms with van der Waals surface area (Å²) in [6, 6.07) is 192. The normalized spacial score (nSPS) is 11.5. The quantitative estimate of drug-likeness (QED) is 0.0859. The lowest BCUT2D eigenvalue weighted by molar-refractivity contribution is 0.668. The first-order chi connectivity index (χ1) is 68.4. The molecule has 6 nitrogen and oxygen atoms in total. The Morgan fingerprint density at radius 1 is 0.123 bits per heavy atom. The van der Waals surface area contributed by atoms with Crippen LogP contribution in [-0.4, -0.2) is 9.13 Å². The molecule has 648 valence electrons. The monoisotopic (exact) mass is 1760 g/mol. The van der Waals surface area contributed by atoms with Crippen molar-refractivity contribution in [1.29, 1.82) is 0 Å². The molecular formula is C132H88N4O2. The molecule has 4 aromatic heterocycles. The molecule has 0 aliphatic rings. The molecule has 0 atom stereocenters. The minimum absolute atomic E-state index is 0.895. The van der Waals surface area contributed by atoms with E-state index in [1.807, 2.05) is 24.3 Å². The number of hydrogen-bond donors (Lipinski definition) is 0. The van der Waals surface area contributed by atoms with Crippen LogP contribution in [0.4, 0.5) is 34.1 Å². The molecule has 4 heterocycles. The molecule has 26 aromatic rings. The van der Waals surface area contributed by atoms with Crippen LogP contribution in [0.1, 0.15) is 0 Å². The van der Waals surface area contributed by atoms with E-state index in [1.165, 1.54) is 116 Å². The summed E-state index contributed by atoms with van der Waals surface area (Å²) in [5.74, 6) is 0. The van der Waals surface area contributed by atoms with Gasteiger partial charge in [0, 0.05) is 88.6 Å². The van der Waals surface area contributed by atoms with Crippen molar-refractivity contribution in [2.45, 2.75) is 0 Å². The van der Waals surface area contributed by atoms with Crippen LogP contribution < -0.4 is 9.80 Å². The average Bonchev–Trinajstić information content (AvgIpc) is 1.56. The minimum atomic E-state index is 0.895. The van der Waals surface area contributed by atoms with Crippen molar-refractivity contribution in [2.24, 2.45) is 0 Å². The fourth-order valence-corrected chi connectivity index (χ4v) is 20.3. The highest BCUT2D eigenvalue weighted by atomic mass is 16.3. The van der Waals surface area contributed by atoms with Gasteiger partial charge in [-0.15, -0.1) is 0 Å². The fourth-order valence-electron chi connectivity index (χ4n) is 20.3. The van der Waals surface area contributed by atoms with Crippen LogP contribution in [0.25, 0.3) is 210 Å². The second-order valence-corrected chi connectivity index (χ2v) is 35.5. The summed E-state index contributed by atoms with van der Waals surface area (Å²) in [4.78, 5) is 4.70. The highest BCUT2D eigenvalue weighted by molar-refractivity contribution is 6.12. The van der Waals surface area contributed by atoms with Gasteiger partial charge in [-0.3, -0.25) is 0 Å². The van der Waals surface area contributed by atoms with Gasteiger partial charge in [0.2, 0.25) is 0 Å². The van der Waals surface area contributed by atoms with Gasteiger partial charge in [-0.05, 0) is 293 Å². The van der Waals surface area contributed by atoms with Crippen molar-refractivity contribution in [3.8, 4) is 123 Å².